The van der Waals surface area contributed by atoms with Gasteiger partial charge in [-0.3, -0.25) is 4.79 Å². The SMILES string of the molecule is COc1cc(Br)ccc1C(=O)Nc1cccnc1C(=O)O. The average Bonchev–Trinajstić information content (AvgIpc) is 2.47. The summed E-state index contributed by atoms with van der Waals surface area (Å²) >= 11 is 3.28. The smallest absolute Gasteiger partial charge is 0.356 e. The standard InChI is InChI=1S/C14H11BrN2O4/c1-21-11-7-8(15)4-5-9(11)13(18)17-10-3-2-6-16-12(10)14(19)20/h2-7H,1H3,(H,17,18)(H,19,20). The summed E-state index contributed by atoms with van der Waals surface area (Å²) in [6, 6.07) is 7.94. The van der Waals surface area contributed by atoms with E-state index in [1.807, 2.05) is 0 Å². The number of carboxylic acid groups (broad SMARTS) is 1. The molecule has 0 aliphatic heterocycles. The van der Waals surface area contributed by atoms with Crippen molar-refractivity contribution in [3.63, 3.8) is 0 Å². The van der Waals surface area contributed by atoms with Gasteiger partial charge in [0.15, 0.2) is 5.69 Å². The molecule has 0 fully saturated rings. The van der Waals surface area contributed by atoms with E-state index in [9.17, 15) is 9.59 Å². The van der Waals surface area contributed by atoms with Crippen molar-refractivity contribution in [2.75, 3.05) is 12.4 Å². The second kappa shape index (κ2) is 6.36. The van der Waals surface area contributed by atoms with E-state index in [0.29, 0.717) is 11.3 Å². The van der Waals surface area contributed by atoms with E-state index in [1.165, 1.54) is 19.4 Å². The molecule has 6 nitrogen and oxygen atoms in total. The molecule has 0 atom stereocenters. The minimum atomic E-state index is -1.21. The van der Waals surface area contributed by atoms with Crippen LogP contribution in [0.3, 0.4) is 0 Å². The zero-order valence-corrected chi connectivity index (χ0v) is 12.5. The van der Waals surface area contributed by atoms with Gasteiger partial charge in [0.1, 0.15) is 5.75 Å². The van der Waals surface area contributed by atoms with Gasteiger partial charge >= 0.3 is 5.97 Å². The number of rotatable bonds is 4. The third kappa shape index (κ3) is 3.38. The van der Waals surface area contributed by atoms with Crippen LogP contribution in [-0.4, -0.2) is 29.1 Å². The topological polar surface area (TPSA) is 88.5 Å². The average molecular weight is 351 g/mol. The number of hydrogen-bond donors (Lipinski definition) is 2. The second-order valence-corrected chi connectivity index (χ2v) is 4.92. The number of anilines is 1. The van der Waals surface area contributed by atoms with Crippen molar-refractivity contribution in [1.82, 2.24) is 4.98 Å². The molecule has 0 radical (unpaired) electrons. The van der Waals surface area contributed by atoms with Gasteiger partial charge in [-0.1, -0.05) is 15.9 Å². The number of nitrogens with one attached hydrogen (secondary N) is 1. The predicted molar refractivity (Wildman–Crippen MR) is 79.8 cm³/mol. The Hall–Kier alpha value is -2.41. The van der Waals surface area contributed by atoms with Crippen LogP contribution < -0.4 is 10.1 Å². The molecule has 0 saturated heterocycles. The van der Waals surface area contributed by atoms with Crippen molar-refractivity contribution in [2.45, 2.75) is 0 Å². The molecular formula is C14H11BrN2O4. The first-order valence-corrected chi connectivity index (χ1v) is 6.65. The first kappa shape index (κ1) is 15.0. The molecule has 2 rings (SSSR count). The van der Waals surface area contributed by atoms with Crippen molar-refractivity contribution < 1.29 is 19.4 Å². The van der Waals surface area contributed by atoms with E-state index < -0.39 is 11.9 Å². The lowest BCUT2D eigenvalue weighted by Crippen LogP contribution is -2.16. The van der Waals surface area contributed by atoms with E-state index >= 15 is 0 Å². The van der Waals surface area contributed by atoms with E-state index in [-0.39, 0.29) is 11.4 Å². The summed E-state index contributed by atoms with van der Waals surface area (Å²) < 4.78 is 5.91. The Morgan fingerprint density at radius 1 is 1.33 bits per heavy atom. The second-order valence-electron chi connectivity index (χ2n) is 4.00. The zero-order chi connectivity index (χ0) is 15.4. The lowest BCUT2D eigenvalue weighted by Gasteiger charge is -2.10. The van der Waals surface area contributed by atoms with Gasteiger partial charge in [-0.2, -0.15) is 0 Å². The van der Waals surface area contributed by atoms with Crippen LogP contribution in [-0.2, 0) is 0 Å². The van der Waals surface area contributed by atoms with Gasteiger partial charge in [0, 0.05) is 10.7 Å². The van der Waals surface area contributed by atoms with E-state index in [1.54, 1.807) is 24.3 Å². The largest absolute Gasteiger partial charge is 0.496 e. The Morgan fingerprint density at radius 2 is 2.10 bits per heavy atom. The summed E-state index contributed by atoms with van der Waals surface area (Å²) in [5.41, 5.74) is 0.197. The van der Waals surface area contributed by atoms with Crippen molar-refractivity contribution >= 4 is 33.5 Å². The minimum absolute atomic E-state index is 0.125. The summed E-state index contributed by atoms with van der Waals surface area (Å²) in [6.07, 6.45) is 1.35. The molecule has 0 aliphatic carbocycles. The molecule has 0 saturated carbocycles. The number of halogens is 1. The highest BCUT2D eigenvalue weighted by Gasteiger charge is 2.17. The van der Waals surface area contributed by atoms with Crippen LogP contribution in [0.2, 0.25) is 0 Å². The van der Waals surface area contributed by atoms with Gasteiger partial charge in [-0.15, -0.1) is 0 Å². The van der Waals surface area contributed by atoms with Crippen LogP contribution in [0.4, 0.5) is 5.69 Å². The molecule has 1 heterocycles. The van der Waals surface area contributed by atoms with E-state index in [4.69, 9.17) is 9.84 Å². The molecule has 2 aromatic rings. The molecule has 2 N–H and O–H groups in total. The maximum atomic E-state index is 12.3. The maximum absolute atomic E-state index is 12.3. The number of methoxy groups -OCH3 is 1. The Labute approximate surface area is 128 Å². The van der Waals surface area contributed by atoms with Crippen molar-refractivity contribution in [1.29, 1.82) is 0 Å². The summed E-state index contributed by atoms with van der Waals surface area (Å²) in [5.74, 6) is -1.31. The molecule has 1 aromatic heterocycles. The summed E-state index contributed by atoms with van der Waals surface area (Å²) in [5, 5.41) is 11.6. The molecule has 0 bridgehead atoms. The third-order valence-corrected chi connectivity index (χ3v) is 3.16. The van der Waals surface area contributed by atoms with Gasteiger partial charge in [0.25, 0.3) is 5.91 Å². The fourth-order valence-electron chi connectivity index (χ4n) is 1.72. The minimum Gasteiger partial charge on any atom is -0.496 e. The number of carbonyl (C=O) groups is 2. The maximum Gasteiger partial charge on any atom is 0.356 e. The first-order valence-electron chi connectivity index (χ1n) is 5.86. The summed E-state index contributed by atoms with van der Waals surface area (Å²) in [6.45, 7) is 0. The number of nitrogens with zero attached hydrogens (tertiary/aromatic N) is 1. The molecule has 7 heteroatoms. The number of benzene rings is 1. The number of aromatic nitrogens is 1. The molecule has 21 heavy (non-hydrogen) atoms. The molecule has 0 aliphatic rings. The van der Waals surface area contributed by atoms with Crippen molar-refractivity contribution in [3.05, 3.63) is 52.3 Å². The number of hydrogen-bond acceptors (Lipinski definition) is 4. The first-order chi connectivity index (χ1) is 10.0. The van der Waals surface area contributed by atoms with Crippen LogP contribution >= 0.6 is 15.9 Å². The normalized spacial score (nSPS) is 10.0. The van der Waals surface area contributed by atoms with Crippen LogP contribution in [0.15, 0.2) is 41.0 Å². The van der Waals surface area contributed by atoms with Gasteiger partial charge in [0.2, 0.25) is 0 Å². The molecule has 1 amide bonds. The van der Waals surface area contributed by atoms with Crippen molar-refractivity contribution in [3.8, 4) is 5.75 Å². The number of amides is 1. The Morgan fingerprint density at radius 3 is 2.76 bits per heavy atom. The third-order valence-electron chi connectivity index (χ3n) is 2.67. The predicted octanol–water partition coefficient (Wildman–Crippen LogP) is 2.80. The number of aromatic carboxylic acids is 1. The van der Waals surface area contributed by atoms with Crippen molar-refractivity contribution in [2.24, 2.45) is 0 Å². The lowest BCUT2D eigenvalue weighted by atomic mass is 10.1. The van der Waals surface area contributed by atoms with E-state index in [2.05, 4.69) is 26.2 Å². The van der Waals surface area contributed by atoms with Gasteiger partial charge in [-0.05, 0) is 30.3 Å². The molecule has 108 valence electrons. The van der Waals surface area contributed by atoms with Crippen LogP contribution in [0, 0.1) is 0 Å². The number of ether oxygens (including phenoxy) is 1. The van der Waals surface area contributed by atoms with Crippen LogP contribution in [0.25, 0.3) is 0 Å². The monoisotopic (exact) mass is 350 g/mol. The van der Waals surface area contributed by atoms with Gasteiger partial charge in [0.05, 0.1) is 18.4 Å². The highest BCUT2D eigenvalue weighted by atomic mass is 79.9. The van der Waals surface area contributed by atoms with E-state index in [0.717, 1.165) is 4.47 Å². The quantitative estimate of drug-likeness (QED) is 0.884. The number of carbonyl (C=O) groups excluding carboxylic acids is 1. The molecule has 0 spiro atoms. The van der Waals surface area contributed by atoms with Crippen LogP contribution in [0.5, 0.6) is 5.75 Å². The molecule has 1 aromatic carbocycles. The highest BCUT2D eigenvalue weighted by molar-refractivity contribution is 9.10. The molecular weight excluding hydrogens is 340 g/mol. The molecule has 0 unspecified atom stereocenters. The Kier molecular flexibility index (Phi) is 4.54. The van der Waals surface area contributed by atoms with Gasteiger partial charge in [-0.25, -0.2) is 9.78 Å². The fraction of sp³-hybridized carbons (Fsp3) is 0.0714. The zero-order valence-electron chi connectivity index (χ0n) is 11.0. The van der Waals surface area contributed by atoms with Crippen LogP contribution in [0.1, 0.15) is 20.8 Å². The van der Waals surface area contributed by atoms with Gasteiger partial charge < -0.3 is 15.2 Å². The Bertz CT molecular complexity index is 703. The summed E-state index contributed by atoms with van der Waals surface area (Å²) in [7, 11) is 1.45. The number of carboxylic acids is 1. The summed E-state index contributed by atoms with van der Waals surface area (Å²) in [4.78, 5) is 27.0. The highest BCUT2D eigenvalue weighted by Crippen LogP contribution is 2.24. The fourth-order valence-corrected chi connectivity index (χ4v) is 2.06. The lowest BCUT2D eigenvalue weighted by molar-refractivity contribution is 0.0692. The Balaban J connectivity index is 2.33. The number of pyridine rings is 1.